The molecule has 1 aliphatic carbocycles. The molecule has 3 aliphatic rings. The zero-order valence-electron chi connectivity index (χ0n) is 44.8. The summed E-state index contributed by atoms with van der Waals surface area (Å²) >= 11 is 0. The second kappa shape index (κ2) is 38.0. The lowest BCUT2D eigenvalue weighted by Crippen LogP contribution is -2.69. The third-order valence-corrected chi connectivity index (χ3v) is 15.1. The maximum absolute atomic E-state index is 14.0. The fraction of sp³-hybridized carbons (Fsp3) is 0.923. The average molecular weight is 1120 g/mol. The van der Waals surface area contributed by atoms with Gasteiger partial charge in [-0.25, -0.2) is 4.57 Å². The van der Waals surface area contributed by atoms with Gasteiger partial charge in [0.1, 0.15) is 92.1 Å². The molecule has 0 radical (unpaired) electrons. The number of allylic oxidation sites excluding steroid dienone is 2. The van der Waals surface area contributed by atoms with Crippen LogP contribution in [0, 0.1) is 0 Å². The number of ether oxygens (including phenoxy) is 6. The summed E-state index contributed by atoms with van der Waals surface area (Å²) < 4.78 is 57.9. The molecule has 76 heavy (non-hydrogen) atoms. The van der Waals surface area contributed by atoms with Crippen molar-refractivity contribution in [2.75, 3.05) is 26.4 Å². The highest BCUT2D eigenvalue weighted by Gasteiger charge is 2.58. The number of phosphoric acid groups is 1. The number of aliphatic hydroxyl groups is 11. The molecule has 24 heteroatoms. The Hall–Kier alpha value is -1.81. The van der Waals surface area contributed by atoms with E-state index in [4.69, 9.17) is 37.5 Å². The Balaban J connectivity index is 1.74. The van der Waals surface area contributed by atoms with Crippen LogP contribution in [0.4, 0.5) is 0 Å². The van der Waals surface area contributed by atoms with Crippen LogP contribution in [0.5, 0.6) is 0 Å². The Morgan fingerprint density at radius 3 is 1.30 bits per heavy atom. The molecule has 0 amide bonds. The molecule has 0 bridgehead atoms. The van der Waals surface area contributed by atoms with E-state index in [0.717, 1.165) is 64.2 Å². The lowest BCUT2D eigenvalue weighted by molar-refractivity contribution is -0.360. The minimum absolute atomic E-state index is 0.0314. The van der Waals surface area contributed by atoms with Gasteiger partial charge in [-0.1, -0.05) is 135 Å². The van der Waals surface area contributed by atoms with Gasteiger partial charge in [-0.3, -0.25) is 18.6 Å². The molecule has 16 unspecified atom stereocenters. The fourth-order valence-electron chi connectivity index (χ4n) is 9.35. The summed E-state index contributed by atoms with van der Waals surface area (Å²) in [5.41, 5.74) is 0. The Bertz CT molecular complexity index is 1570. The summed E-state index contributed by atoms with van der Waals surface area (Å²) in [5.74, 6) is -1.35. The number of hydrogen-bond donors (Lipinski definition) is 12. The van der Waals surface area contributed by atoms with E-state index in [2.05, 4.69) is 26.0 Å². The van der Waals surface area contributed by atoms with Crippen LogP contribution in [-0.2, 0) is 51.6 Å². The summed E-state index contributed by atoms with van der Waals surface area (Å²) in [6, 6.07) is 0. The zero-order valence-corrected chi connectivity index (χ0v) is 45.7. The molecular formula is C52H95O23P. The Kier molecular flexibility index (Phi) is 34.2. The largest absolute Gasteiger partial charge is 0.472 e. The number of aliphatic hydroxyl groups excluding tert-OH is 11. The molecule has 2 heterocycles. The number of phosphoric ester groups is 1. The van der Waals surface area contributed by atoms with Crippen molar-refractivity contribution in [1.29, 1.82) is 0 Å². The first kappa shape index (κ1) is 68.5. The van der Waals surface area contributed by atoms with E-state index < -0.39 is 150 Å². The van der Waals surface area contributed by atoms with Crippen molar-refractivity contribution < 1.29 is 113 Å². The van der Waals surface area contributed by atoms with Gasteiger partial charge in [-0.15, -0.1) is 0 Å². The molecule has 0 aromatic carbocycles. The molecule has 3 rings (SSSR count). The number of esters is 2. The van der Waals surface area contributed by atoms with Crippen molar-refractivity contribution in [2.24, 2.45) is 0 Å². The minimum atomic E-state index is -5.63. The predicted molar refractivity (Wildman–Crippen MR) is 273 cm³/mol. The molecule has 2 saturated heterocycles. The summed E-state index contributed by atoms with van der Waals surface area (Å²) in [5, 5.41) is 116. The van der Waals surface area contributed by atoms with Gasteiger partial charge < -0.3 is 89.5 Å². The van der Waals surface area contributed by atoms with Gasteiger partial charge in [0.05, 0.1) is 19.8 Å². The van der Waals surface area contributed by atoms with Crippen LogP contribution in [0.15, 0.2) is 12.2 Å². The first-order valence-corrected chi connectivity index (χ1v) is 29.5. The number of unbranched alkanes of at least 4 members (excludes halogenated alkanes) is 20. The second-order valence-electron chi connectivity index (χ2n) is 20.5. The van der Waals surface area contributed by atoms with Gasteiger partial charge in [0.25, 0.3) is 0 Å². The number of carbonyl (C=O) groups excluding carboxylic acids is 2. The number of hydrogen-bond acceptors (Lipinski definition) is 22. The van der Waals surface area contributed by atoms with E-state index >= 15 is 0 Å². The topological polar surface area (TPSA) is 368 Å². The van der Waals surface area contributed by atoms with E-state index in [1.165, 1.54) is 70.6 Å². The van der Waals surface area contributed by atoms with Crippen LogP contribution in [-0.4, -0.2) is 204 Å². The molecule has 446 valence electrons. The van der Waals surface area contributed by atoms with Crippen LogP contribution in [0.25, 0.3) is 0 Å². The van der Waals surface area contributed by atoms with Crippen molar-refractivity contribution in [2.45, 2.75) is 279 Å². The highest BCUT2D eigenvalue weighted by molar-refractivity contribution is 7.47. The minimum Gasteiger partial charge on any atom is -0.462 e. The van der Waals surface area contributed by atoms with Crippen molar-refractivity contribution >= 4 is 19.8 Å². The van der Waals surface area contributed by atoms with Crippen molar-refractivity contribution in [3.05, 3.63) is 12.2 Å². The SMILES string of the molecule is CCCCCCCCC/C=C\CCCCCC(=O)OCC(COP(=O)(O)OC1C(OC2OC(CO)C(O)C(O)C2O)C(O)C(O)C(O)C1OC1OC(CO)C(O)C(O)C1O)OC(=O)CCCCCCCCCCCCC. The molecule has 3 fully saturated rings. The second-order valence-corrected chi connectivity index (χ2v) is 21.9. The summed E-state index contributed by atoms with van der Waals surface area (Å²) in [4.78, 5) is 37.3. The molecular weight excluding hydrogens is 1020 g/mol. The Morgan fingerprint density at radius 1 is 0.487 bits per heavy atom. The molecule has 0 aromatic heterocycles. The van der Waals surface area contributed by atoms with Crippen molar-refractivity contribution in [3.8, 4) is 0 Å². The Labute approximate surface area is 448 Å². The summed E-state index contributed by atoms with van der Waals surface area (Å²) in [7, 11) is -5.63. The van der Waals surface area contributed by atoms with E-state index in [1.54, 1.807) is 0 Å². The lowest BCUT2D eigenvalue weighted by Gasteiger charge is -2.49. The molecule has 16 atom stereocenters. The van der Waals surface area contributed by atoms with Crippen molar-refractivity contribution in [3.63, 3.8) is 0 Å². The standard InChI is InChI=1S/C52H95O23P/c1-3-5-7-9-11-13-15-16-17-19-20-22-24-26-28-37(55)68-32-34(70-38(56)29-27-25-23-21-18-14-12-10-8-6-4-2)33-69-76(66,67)75-50-48(73-51-46(64)41(59)39(57)35(30-53)71-51)44(62)43(61)45(63)49(50)74-52-47(65)42(60)40(58)36(31-54)72-52/h17,19,34-36,39-54,57-65H,3-16,18,20-33H2,1-2H3,(H,66,67)/b19-17-. The van der Waals surface area contributed by atoms with Gasteiger partial charge in [0.2, 0.25) is 0 Å². The maximum Gasteiger partial charge on any atom is 0.472 e. The highest BCUT2D eigenvalue weighted by atomic mass is 31.2. The highest BCUT2D eigenvalue weighted by Crippen LogP contribution is 2.49. The molecule has 2 aliphatic heterocycles. The zero-order chi connectivity index (χ0) is 56.0. The van der Waals surface area contributed by atoms with Crippen LogP contribution in [0.3, 0.4) is 0 Å². The van der Waals surface area contributed by atoms with E-state index in [0.29, 0.717) is 12.8 Å². The van der Waals surface area contributed by atoms with Crippen LogP contribution < -0.4 is 0 Å². The summed E-state index contributed by atoms with van der Waals surface area (Å²) in [6.45, 7) is 0.958. The van der Waals surface area contributed by atoms with E-state index in [-0.39, 0.29) is 12.8 Å². The molecule has 0 spiro atoms. The predicted octanol–water partition coefficient (Wildman–Crippen LogP) is 2.76. The lowest BCUT2D eigenvalue weighted by atomic mass is 9.84. The van der Waals surface area contributed by atoms with Gasteiger partial charge in [0, 0.05) is 12.8 Å². The van der Waals surface area contributed by atoms with Crippen molar-refractivity contribution in [1.82, 2.24) is 0 Å². The van der Waals surface area contributed by atoms with Crippen LogP contribution in [0.1, 0.15) is 174 Å². The summed E-state index contributed by atoms with van der Waals surface area (Å²) in [6.07, 6.45) is -6.32. The van der Waals surface area contributed by atoms with Crippen LogP contribution in [0.2, 0.25) is 0 Å². The normalized spacial score (nSPS) is 32.3. The fourth-order valence-corrected chi connectivity index (χ4v) is 10.3. The first-order valence-electron chi connectivity index (χ1n) is 28.0. The van der Waals surface area contributed by atoms with Gasteiger partial charge in [0.15, 0.2) is 18.7 Å². The monoisotopic (exact) mass is 1120 g/mol. The maximum atomic E-state index is 14.0. The number of carbonyl (C=O) groups is 2. The molecule has 23 nitrogen and oxygen atoms in total. The van der Waals surface area contributed by atoms with Gasteiger partial charge in [-0.2, -0.15) is 0 Å². The number of rotatable bonds is 40. The third-order valence-electron chi connectivity index (χ3n) is 14.1. The van der Waals surface area contributed by atoms with E-state index in [9.17, 15) is 75.2 Å². The average Bonchev–Trinajstić information content (AvgIpc) is 3.40. The molecule has 1 saturated carbocycles. The van der Waals surface area contributed by atoms with E-state index in [1.807, 2.05) is 0 Å². The molecule has 0 aromatic rings. The van der Waals surface area contributed by atoms with Gasteiger partial charge in [-0.05, 0) is 38.5 Å². The smallest absolute Gasteiger partial charge is 0.462 e. The first-order chi connectivity index (χ1) is 36.4. The van der Waals surface area contributed by atoms with Gasteiger partial charge >= 0.3 is 19.8 Å². The molecule has 12 N–H and O–H groups in total. The van der Waals surface area contributed by atoms with Crippen LogP contribution >= 0.6 is 7.82 Å². The Morgan fingerprint density at radius 2 is 0.868 bits per heavy atom. The quantitative estimate of drug-likeness (QED) is 0.0182. The third kappa shape index (κ3) is 24.1.